The molecule has 0 aliphatic rings. The second kappa shape index (κ2) is 9.89. The number of benzene rings is 2. The second-order valence-electron chi connectivity index (χ2n) is 7.89. The van der Waals surface area contributed by atoms with E-state index in [0.29, 0.717) is 16.8 Å². The number of imidazole rings is 1. The van der Waals surface area contributed by atoms with Crippen LogP contribution in [-0.4, -0.2) is 47.5 Å². The van der Waals surface area contributed by atoms with Gasteiger partial charge in [-0.05, 0) is 48.7 Å². The Morgan fingerprint density at radius 2 is 1.78 bits per heavy atom. The van der Waals surface area contributed by atoms with E-state index in [9.17, 15) is 13.2 Å². The van der Waals surface area contributed by atoms with Crippen molar-refractivity contribution in [3.63, 3.8) is 0 Å². The van der Waals surface area contributed by atoms with Crippen LogP contribution in [0.15, 0.2) is 71.0 Å². The van der Waals surface area contributed by atoms with Gasteiger partial charge in [-0.15, -0.1) is 0 Å². The predicted molar refractivity (Wildman–Crippen MR) is 129 cm³/mol. The average Bonchev–Trinajstić information content (AvgIpc) is 3.21. The van der Waals surface area contributed by atoms with Crippen molar-refractivity contribution in [3.05, 3.63) is 66.5 Å². The highest BCUT2D eigenvalue weighted by molar-refractivity contribution is 8.00. The molecule has 0 aliphatic carbocycles. The number of amides is 1. The van der Waals surface area contributed by atoms with E-state index in [2.05, 4.69) is 36.3 Å². The molecule has 0 saturated carbocycles. The van der Waals surface area contributed by atoms with Gasteiger partial charge in [0.05, 0.1) is 10.1 Å². The van der Waals surface area contributed by atoms with Gasteiger partial charge in [0.15, 0.2) is 5.16 Å². The smallest absolute Gasteiger partial charge is 0.242 e. The Labute approximate surface area is 193 Å². The maximum Gasteiger partial charge on any atom is 0.242 e. The standard InChI is InChI=1S/C23H28N4O3S2/c1-16(2)18-9-11-20(12-10-18)27-14-13-24-23(27)31-17(3)22(28)25-19-7-6-8-21(15-19)32(29,30)26(4)5/h6-17H,1-5H3,(H,25,28). The highest BCUT2D eigenvalue weighted by atomic mass is 32.2. The number of carbonyl (C=O) groups is 1. The Morgan fingerprint density at radius 1 is 1.09 bits per heavy atom. The number of aromatic nitrogens is 2. The summed E-state index contributed by atoms with van der Waals surface area (Å²) in [7, 11) is -0.638. The minimum atomic E-state index is -3.58. The number of nitrogens with one attached hydrogen (secondary N) is 1. The highest BCUT2D eigenvalue weighted by Crippen LogP contribution is 2.27. The van der Waals surface area contributed by atoms with Gasteiger partial charge in [-0.2, -0.15) is 0 Å². The lowest BCUT2D eigenvalue weighted by molar-refractivity contribution is -0.115. The fourth-order valence-electron chi connectivity index (χ4n) is 2.99. The number of anilines is 1. The summed E-state index contributed by atoms with van der Waals surface area (Å²) in [6.07, 6.45) is 3.58. The Morgan fingerprint density at radius 3 is 2.41 bits per heavy atom. The lowest BCUT2D eigenvalue weighted by Crippen LogP contribution is -2.24. The molecule has 2 aromatic carbocycles. The zero-order valence-corrected chi connectivity index (χ0v) is 20.4. The Bertz CT molecular complexity index is 1190. The molecule has 1 atom stereocenters. The molecule has 9 heteroatoms. The van der Waals surface area contributed by atoms with Crippen LogP contribution >= 0.6 is 11.8 Å². The van der Waals surface area contributed by atoms with Crippen LogP contribution in [-0.2, 0) is 14.8 Å². The third kappa shape index (κ3) is 5.40. The van der Waals surface area contributed by atoms with Crippen molar-refractivity contribution in [1.82, 2.24) is 13.9 Å². The number of sulfonamides is 1. The van der Waals surface area contributed by atoms with Gasteiger partial charge in [-0.1, -0.05) is 43.8 Å². The van der Waals surface area contributed by atoms with E-state index in [0.717, 1.165) is 9.99 Å². The molecule has 32 heavy (non-hydrogen) atoms. The summed E-state index contributed by atoms with van der Waals surface area (Å²) in [4.78, 5) is 17.3. The van der Waals surface area contributed by atoms with Gasteiger partial charge in [0, 0.05) is 37.9 Å². The quantitative estimate of drug-likeness (QED) is 0.492. The molecule has 1 heterocycles. The highest BCUT2D eigenvalue weighted by Gasteiger charge is 2.20. The topological polar surface area (TPSA) is 84.3 Å². The van der Waals surface area contributed by atoms with E-state index >= 15 is 0 Å². The van der Waals surface area contributed by atoms with Crippen LogP contribution in [0.3, 0.4) is 0 Å². The second-order valence-corrected chi connectivity index (χ2v) is 11.4. The number of rotatable bonds is 8. The molecule has 170 valence electrons. The molecular formula is C23H28N4O3S2. The average molecular weight is 473 g/mol. The Hall–Kier alpha value is -2.62. The normalized spacial score (nSPS) is 12.8. The van der Waals surface area contributed by atoms with Gasteiger partial charge in [0.1, 0.15) is 0 Å². The molecule has 1 amide bonds. The van der Waals surface area contributed by atoms with Gasteiger partial charge < -0.3 is 5.32 Å². The van der Waals surface area contributed by atoms with Gasteiger partial charge >= 0.3 is 0 Å². The van der Waals surface area contributed by atoms with E-state index in [4.69, 9.17) is 0 Å². The number of carbonyl (C=O) groups excluding carboxylic acids is 1. The first-order chi connectivity index (χ1) is 15.1. The summed E-state index contributed by atoms with van der Waals surface area (Å²) in [6, 6.07) is 14.5. The Kier molecular flexibility index (Phi) is 7.43. The number of nitrogens with zero attached hydrogens (tertiary/aromatic N) is 3. The van der Waals surface area contributed by atoms with Crippen molar-refractivity contribution >= 4 is 33.4 Å². The lowest BCUT2D eigenvalue weighted by Gasteiger charge is -2.15. The molecule has 1 aromatic heterocycles. The third-order valence-corrected chi connectivity index (χ3v) is 7.87. The van der Waals surface area contributed by atoms with Crippen molar-refractivity contribution in [3.8, 4) is 5.69 Å². The molecule has 3 rings (SSSR count). The SMILES string of the molecule is CC(Sc1nccn1-c1ccc(C(C)C)cc1)C(=O)Nc1cccc(S(=O)(=O)N(C)C)c1. The summed E-state index contributed by atoms with van der Waals surface area (Å²) < 4.78 is 27.8. The van der Waals surface area contributed by atoms with E-state index in [1.807, 2.05) is 22.9 Å². The molecule has 0 spiro atoms. The largest absolute Gasteiger partial charge is 0.325 e. The van der Waals surface area contributed by atoms with Crippen molar-refractivity contribution < 1.29 is 13.2 Å². The van der Waals surface area contributed by atoms with Crippen LogP contribution in [0.5, 0.6) is 0 Å². The minimum Gasteiger partial charge on any atom is -0.325 e. The van der Waals surface area contributed by atoms with Gasteiger partial charge in [0.2, 0.25) is 15.9 Å². The zero-order valence-electron chi connectivity index (χ0n) is 18.8. The van der Waals surface area contributed by atoms with E-state index < -0.39 is 15.3 Å². The summed E-state index contributed by atoms with van der Waals surface area (Å²) in [5, 5.41) is 3.06. The molecule has 7 nitrogen and oxygen atoms in total. The van der Waals surface area contributed by atoms with Crippen molar-refractivity contribution in [2.24, 2.45) is 0 Å². The third-order valence-electron chi connectivity index (χ3n) is 4.98. The molecule has 1 N–H and O–H groups in total. The predicted octanol–water partition coefficient (Wildman–Crippen LogP) is 4.37. The molecule has 1 unspecified atom stereocenters. The van der Waals surface area contributed by atoms with Crippen LogP contribution in [0.4, 0.5) is 5.69 Å². The summed E-state index contributed by atoms with van der Waals surface area (Å²) in [5.74, 6) is 0.217. The molecule has 0 aliphatic heterocycles. The number of hydrogen-bond donors (Lipinski definition) is 1. The first-order valence-electron chi connectivity index (χ1n) is 10.2. The minimum absolute atomic E-state index is 0.126. The first kappa shape index (κ1) is 24.0. The zero-order chi connectivity index (χ0) is 23.5. The number of thioether (sulfide) groups is 1. The fraction of sp³-hybridized carbons (Fsp3) is 0.304. The summed E-state index contributed by atoms with van der Waals surface area (Å²) in [6.45, 7) is 6.10. The van der Waals surface area contributed by atoms with E-state index in [1.165, 1.54) is 43.6 Å². The van der Waals surface area contributed by atoms with Crippen LogP contribution in [0.1, 0.15) is 32.3 Å². The molecular weight excluding hydrogens is 444 g/mol. The van der Waals surface area contributed by atoms with E-state index in [1.54, 1.807) is 25.3 Å². The van der Waals surface area contributed by atoms with Gasteiger partial charge in [0.25, 0.3) is 0 Å². The Balaban J connectivity index is 1.72. The maximum atomic E-state index is 12.8. The van der Waals surface area contributed by atoms with Crippen molar-refractivity contribution in [2.45, 2.75) is 42.0 Å². The fourth-order valence-corrected chi connectivity index (χ4v) is 4.83. The van der Waals surface area contributed by atoms with Crippen molar-refractivity contribution in [1.29, 1.82) is 0 Å². The molecule has 0 bridgehead atoms. The monoisotopic (exact) mass is 472 g/mol. The van der Waals surface area contributed by atoms with Crippen LogP contribution in [0.25, 0.3) is 5.69 Å². The molecule has 0 radical (unpaired) electrons. The van der Waals surface area contributed by atoms with Crippen LogP contribution in [0, 0.1) is 0 Å². The summed E-state index contributed by atoms with van der Waals surface area (Å²) >= 11 is 1.34. The lowest BCUT2D eigenvalue weighted by atomic mass is 10.0. The first-order valence-corrected chi connectivity index (χ1v) is 12.6. The van der Waals surface area contributed by atoms with Crippen LogP contribution in [0.2, 0.25) is 0 Å². The van der Waals surface area contributed by atoms with Crippen molar-refractivity contribution in [2.75, 3.05) is 19.4 Å². The molecule has 0 saturated heterocycles. The van der Waals surface area contributed by atoms with Gasteiger partial charge in [-0.25, -0.2) is 17.7 Å². The van der Waals surface area contributed by atoms with E-state index in [-0.39, 0.29) is 10.8 Å². The van der Waals surface area contributed by atoms with Gasteiger partial charge in [-0.3, -0.25) is 9.36 Å². The molecule has 3 aromatic rings. The maximum absolute atomic E-state index is 12.8. The van der Waals surface area contributed by atoms with Crippen LogP contribution < -0.4 is 5.32 Å². The molecule has 0 fully saturated rings. The number of hydrogen-bond acceptors (Lipinski definition) is 5. The summed E-state index contributed by atoms with van der Waals surface area (Å²) in [5.41, 5.74) is 2.66.